The van der Waals surface area contributed by atoms with Crippen molar-refractivity contribution in [1.29, 1.82) is 0 Å². The van der Waals surface area contributed by atoms with Crippen molar-refractivity contribution in [3.8, 4) is 0 Å². The summed E-state index contributed by atoms with van der Waals surface area (Å²) in [6, 6.07) is 3.59. The Morgan fingerprint density at radius 1 is 1.00 bits per heavy atom. The van der Waals surface area contributed by atoms with Crippen molar-refractivity contribution >= 4 is 22.1 Å². The van der Waals surface area contributed by atoms with E-state index in [9.17, 15) is 18.0 Å². The smallest absolute Gasteiger partial charge is 0.339 e. The molecule has 8 heteroatoms. The lowest BCUT2D eigenvalue weighted by molar-refractivity contribution is 0.0277. The van der Waals surface area contributed by atoms with Crippen LogP contribution in [0.15, 0.2) is 23.1 Å². The fraction of sp³-hybridized carbons (Fsp3) is 0.200. The lowest BCUT2D eigenvalue weighted by Gasteiger charge is -2.07. The van der Waals surface area contributed by atoms with Crippen molar-refractivity contribution in [3.63, 3.8) is 0 Å². The number of fused-ring (bicyclic) bond motifs is 2. The van der Waals surface area contributed by atoms with Crippen LogP contribution in [0.4, 0.5) is 0 Å². The number of carbonyl (C=O) groups is 2. The standard InChI is InChI=1S/C10H8O7S/c11-9-6-2-1-3-7(8(6)18(13,14)15)10(12)17-5-4-16-9/h1-3H,4-5H2,(H,13,14,15). The normalized spacial score (nSPS) is 16.1. The number of rotatable bonds is 1. The highest BCUT2D eigenvalue weighted by molar-refractivity contribution is 7.86. The second-order valence-electron chi connectivity index (χ2n) is 3.43. The lowest BCUT2D eigenvalue weighted by Crippen LogP contribution is -2.14. The number of ether oxygens (including phenoxy) is 2. The molecule has 1 N–H and O–H groups in total. The molecule has 1 aromatic carbocycles. The van der Waals surface area contributed by atoms with E-state index in [0.29, 0.717) is 0 Å². The maximum atomic E-state index is 11.6. The van der Waals surface area contributed by atoms with Crippen molar-refractivity contribution in [2.75, 3.05) is 13.2 Å². The van der Waals surface area contributed by atoms with Crippen LogP contribution in [0, 0.1) is 0 Å². The van der Waals surface area contributed by atoms with Gasteiger partial charge in [-0.05, 0) is 12.1 Å². The van der Waals surface area contributed by atoms with Gasteiger partial charge in [0.05, 0.1) is 11.1 Å². The Morgan fingerprint density at radius 2 is 1.44 bits per heavy atom. The Morgan fingerprint density at radius 3 is 1.83 bits per heavy atom. The van der Waals surface area contributed by atoms with Crippen LogP contribution >= 0.6 is 0 Å². The second-order valence-corrected chi connectivity index (χ2v) is 4.79. The van der Waals surface area contributed by atoms with Crippen molar-refractivity contribution in [2.45, 2.75) is 4.90 Å². The quantitative estimate of drug-likeness (QED) is 0.577. The van der Waals surface area contributed by atoms with Crippen molar-refractivity contribution < 1.29 is 32.0 Å². The van der Waals surface area contributed by atoms with Crippen LogP contribution in [-0.4, -0.2) is 38.1 Å². The molecule has 0 fully saturated rings. The summed E-state index contributed by atoms with van der Waals surface area (Å²) in [6.45, 7) is -0.373. The molecule has 18 heavy (non-hydrogen) atoms. The molecule has 0 saturated heterocycles. The highest BCUT2D eigenvalue weighted by atomic mass is 32.2. The Labute approximate surface area is 102 Å². The van der Waals surface area contributed by atoms with Crippen molar-refractivity contribution in [1.82, 2.24) is 0 Å². The maximum absolute atomic E-state index is 11.6. The Bertz CT molecular complexity index is 581. The third kappa shape index (κ3) is 2.20. The maximum Gasteiger partial charge on any atom is 0.339 e. The molecule has 1 aromatic rings. The van der Waals surface area contributed by atoms with Gasteiger partial charge in [0.1, 0.15) is 18.1 Å². The van der Waals surface area contributed by atoms with Crippen LogP contribution in [0.25, 0.3) is 0 Å². The molecule has 0 saturated carbocycles. The summed E-state index contributed by atoms with van der Waals surface area (Å²) in [5, 5.41) is 0. The first-order valence-corrected chi connectivity index (χ1v) is 6.30. The zero-order valence-corrected chi connectivity index (χ0v) is 9.77. The molecule has 0 unspecified atom stereocenters. The minimum atomic E-state index is -4.75. The number of cyclic esters (lactones) is 2. The number of hydrogen-bond acceptors (Lipinski definition) is 6. The van der Waals surface area contributed by atoms with E-state index < -0.39 is 38.1 Å². The van der Waals surface area contributed by atoms with Gasteiger partial charge >= 0.3 is 11.9 Å². The Kier molecular flexibility index (Phi) is 3.05. The van der Waals surface area contributed by atoms with Gasteiger partial charge in [-0.15, -0.1) is 0 Å². The number of carbonyl (C=O) groups excluding carboxylic acids is 2. The summed E-state index contributed by atoms with van der Waals surface area (Å²) in [5.41, 5.74) is -0.789. The topological polar surface area (TPSA) is 107 Å². The monoisotopic (exact) mass is 272 g/mol. The molecule has 0 atom stereocenters. The minimum absolute atomic E-state index is 0.187. The third-order valence-corrected chi connectivity index (χ3v) is 3.22. The van der Waals surface area contributed by atoms with E-state index in [1.807, 2.05) is 0 Å². The van der Waals surface area contributed by atoms with Gasteiger partial charge in [0.2, 0.25) is 0 Å². The lowest BCUT2D eigenvalue weighted by atomic mass is 10.1. The predicted molar refractivity (Wildman–Crippen MR) is 56.8 cm³/mol. The van der Waals surface area contributed by atoms with Crippen molar-refractivity contribution in [2.24, 2.45) is 0 Å². The van der Waals surface area contributed by atoms with Gasteiger partial charge in [-0.25, -0.2) is 9.59 Å². The first kappa shape index (κ1) is 12.5. The molecule has 96 valence electrons. The highest BCUT2D eigenvalue weighted by Crippen LogP contribution is 2.23. The molecule has 2 bridgehead atoms. The van der Waals surface area contributed by atoms with Gasteiger partial charge in [0, 0.05) is 0 Å². The van der Waals surface area contributed by atoms with E-state index in [4.69, 9.17) is 14.0 Å². The van der Waals surface area contributed by atoms with Crippen LogP contribution < -0.4 is 0 Å². The van der Waals surface area contributed by atoms with E-state index in [1.54, 1.807) is 0 Å². The third-order valence-electron chi connectivity index (χ3n) is 2.26. The Balaban J connectivity index is 2.78. The molecule has 0 amide bonds. The largest absolute Gasteiger partial charge is 0.458 e. The number of benzene rings is 1. The second kappa shape index (κ2) is 4.39. The minimum Gasteiger partial charge on any atom is -0.458 e. The van der Waals surface area contributed by atoms with E-state index in [0.717, 1.165) is 12.1 Å². The summed E-state index contributed by atoms with van der Waals surface area (Å²) in [5.74, 6) is -1.88. The average Bonchev–Trinajstić information content (AvgIpc) is 2.34. The SMILES string of the molecule is O=C1OCCOC(=O)c2cccc1c2S(=O)(=O)O. The molecule has 1 heterocycles. The molecule has 7 nitrogen and oxygen atoms in total. The molecular formula is C10H8O7S. The summed E-state index contributed by atoms with van der Waals surface area (Å²) in [6.07, 6.45) is 0. The van der Waals surface area contributed by atoms with Crippen LogP contribution in [0.1, 0.15) is 20.7 Å². The molecule has 0 aliphatic carbocycles. The number of esters is 2. The average molecular weight is 272 g/mol. The molecule has 0 radical (unpaired) electrons. The number of hydrogen-bond donors (Lipinski definition) is 1. The molecule has 0 aromatic heterocycles. The van der Waals surface area contributed by atoms with E-state index in [1.165, 1.54) is 6.07 Å². The molecule has 1 aliphatic rings. The highest BCUT2D eigenvalue weighted by Gasteiger charge is 2.30. The van der Waals surface area contributed by atoms with Gasteiger partial charge < -0.3 is 9.47 Å². The van der Waals surface area contributed by atoms with Gasteiger partial charge in [-0.2, -0.15) is 8.42 Å². The van der Waals surface area contributed by atoms with Crippen LogP contribution in [0.3, 0.4) is 0 Å². The van der Waals surface area contributed by atoms with Gasteiger partial charge in [0.15, 0.2) is 0 Å². The van der Waals surface area contributed by atoms with Crippen LogP contribution in [-0.2, 0) is 19.6 Å². The Hall–Kier alpha value is -1.93. The summed E-state index contributed by atoms with van der Waals surface area (Å²) >= 11 is 0. The van der Waals surface area contributed by atoms with Gasteiger partial charge in [-0.3, -0.25) is 4.55 Å². The molecular weight excluding hydrogens is 264 g/mol. The molecule has 0 spiro atoms. The van der Waals surface area contributed by atoms with Crippen LogP contribution in [0.2, 0.25) is 0 Å². The van der Waals surface area contributed by atoms with E-state index in [2.05, 4.69) is 0 Å². The summed E-state index contributed by atoms with van der Waals surface area (Å²) in [7, 11) is -4.75. The fourth-order valence-electron chi connectivity index (χ4n) is 1.56. The van der Waals surface area contributed by atoms with E-state index in [-0.39, 0.29) is 13.2 Å². The zero-order chi connectivity index (χ0) is 13.3. The summed E-state index contributed by atoms with van der Waals surface area (Å²) in [4.78, 5) is 22.4. The van der Waals surface area contributed by atoms with E-state index >= 15 is 0 Å². The fourth-order valence-corrected chi connectivity index (χ4v) is 2.42. The van der Waals surface area contributed by atoms with Crippen LogP contribution in [0.5, 0.6) is 0 Å². The first-order chi connectivity index (χ1) is 8.41. The summed E-state index contributed by atoms with van der Waals surface area (Å²) < 4.78 is 41.1. The predicted octanol–water partition coefficient (Wildman–Crippen LogP) is 0.261. The van der Waals surface area contributed by atoms with Gasteiger partial charge in [0.25, 0.3) is 10.1 Å². The molecule has 1 aliphatic heterocycles. The first-order valence-electron chi connectivity index (χ1n) is 4.86. The molecule has 2 rings (SSSR count). The van der Waals surface area contributed by atoms with Gasteiger partial charge in [-0.1, -0.05) is 6.07 Å². The zero-order valence-electron chi connectivity index (χ0n) is 8.95. The van der Waals surface area contributed by atoms with Crippen molar-refractivity contribution in [3.05, 3.63) is 29.3 Å².